The Balaban J connectivity index is 1.27. The van der Waals surface area contributed by atoms with Gasteiger partial charge in [-0.2, -0.15) is 0 Å². The summed E-state index contributed by atoms with van der Waals surface area (Å²) in [4.78, 5) is 0. The molecule has 1 spiro atoms. The lowest BCUT2D eigenvalue weighted by Crippen LogP contribution is -2.25. The summed E-state index contributed by atoms with van der Waals surface area (Å²) in [6.07, 6.45) is 9.09. The first-order chi connectivity index (χ1) is 9.12. The van der Waals surface area contributed by atoms with E-state index in [4.69, 9.17) is 0 Å². The molecule has 9 unspecified atom stereocenters. The van der Waals surface area contributed by atoms with E-state index in [-0.39, 0.29) is 0 Å². The molecule has 0 heterocycles. The smallest absolute Gasteiger partial charge is 0.0102 e. The molecule has 6 saturated carbocycles. The molecule has 0 nitrogen and oxygen atoms in total. The second-order valence-electron chi connectivity index (χ2n) is 9.07. The van der Waals surface area contributed by atoms with E-state index in [0.29, 0.717) is 0 Å². The van der Waals surface area contributed by atoms with Crippen molar-refractivity contribution in [3.8, 4) is 0 Å². The van der Waals surface area contributed by atoms with Crippen LogP contribution >= 0.6 is 0 Å². The Morgan fingerprint density at radius 2 is 1.89 bits per heavy atom. The van der Waals surface area contributed by atoms with E-state index >= 15 is 0 Å². The fourth-order valence-corrected chi connectivity index (χ4v) is 8.20. The van der Waals surface area contributed by atoms with Gasteiger partial charge < -0.3 is 0 Å². The van der Waals surface area contributed by atoms with Crippen molar-refractivity contribution >= 4 is 0 Å². The topological polar surface area (TPSA) is 0 Å². The lowest BCUT2D eigenvalue weighted by atomic mass is 9.75. The highest BCUT2D eigenvalue weighted by atomic mass is 15.2. The van der Waals surface area contributed by atoms with Gasteiger partial charge in [0.05, 0.1) is 0 Å². The predicted octanol–water partition coefficient (Wildman–Crippen LogP) is 5.13. The third-order valence-corrected chi connectivity index (χ3v) is 9.09. The molecule has 6 aliphatic rings. The second kappa shape index (κ2) is 2.95. The summed E-state index contributed by atoms with van der Waals surface area (Å²) in [6.45, 7) is 10.1. The van der Waals surface area contributed by atoms with Crippen molar-refractivity contribution in [2.75, 3.05) is 0 Å². The summed E-state index contributed by atoms with van der Waals surface area (Å²) < 4.78 is 0. The lowest BCUT2D eigenvalue weighted by Gasteiger charge is -2.28. The Labute approximate surface area is 118 Å². The van der Waals surface area contributed by atoms with Crippen LogP contribution in [0.1, 0.15) is 66.2 Å². The van der Waals surface area contributed by atoms with E-state index in [1.807, 2.05) is 0 Å². The van der Waals surface area contributed by atoms with Crippen molar-refractivity contribution in [2.24, 2.45) is 51.8 Å². The molecule has 0 aromatic heterocycles. The van der Waals surface area contributed by atoms with Crippen molar-refractivity contribution < 1.29 is 0 Å². The standard InChI is InChI=1S/C19H30/c1-5-9-18(11(3)7-8-13-10-12(13)6-2)16-14-15-17(14,4)19(15,16)18/h11-16H,5-10H2,1-4H3. The van der Waals surface area contributed by atoms with Gasteiger partial charge in [-0.3, -0.25) is 0 Å². The summed E-state index contributed by atoms with van der Waals surface area (Å²) in [5.74, 6) is 6.92. The van der Waals surface area contributed by atoms with Gasteiger partial charge >= 0.3 is 0 Å². The van der Waals surface area contributed by atoms with Crippen LogP contribution in [0, 0.1) is 51.8 Å². The Morgan fingerprint density at radius 3 is 2.32 bits per heavy atom. The van der Waals surface area contributed by atoms with Crippen LogP contribution in [0.3, 0.4) is 0 Å². The van der Waals surface area contributed by atoms with Crippen molar-refractivity contribution in [1.29, 1.82) is 0 Å². The molecule has 0 radical (unpaired) electrons. The maximum absolute atomic E-state index is 2.63. The van der Waals surface area contributed by atoms with Gasteiger partial charge in [0.2, 0.25) is 0 Å². The fraction of sp³-hybridized carbons (Fsp3) is 1.00. The maximum Gasteiger partial charge on any atom is -0.0102 e. The van der Waals surface area contributed by atoms with E-state index in [1.165, 1.54) is 30.6 Å². The summed E-state index contributed by atoms with van der Waals surface area (Å²) >= 11 is 0. The molecule has 6 fully saturated rings. The van der Waals surface area contributed by atoms with Crippen LogP contribution in [0.15, 0.2) is 0 Å². The minimum absolute atomic E-state index is 0.850. The van der Waals surface area contributed by atoms with Gasteiger partial charge in [-0.15, -0.1) is 0 Å². The Hall–Kier alpha value is 0. The van der Waals surface area contributed by atoms with E-state index in [2.05, 4.69) is 27.7 Å². The van der Waals surface area contributed by atoms with E-state index in [0.717, 1.165) is 34.0 Å². The summed E-state index contributed by atoms with van der Waals surface area (Å²) in [6, 6.07) is 0. The fourth-order valence-electron chi connectivity index (χ4n) is 8.20. The van der Waals surface area contributed by atoms with Crippen molar-refractivity contribution in [1.82, 2.24) is 0 Å². The Kier molecular flexibility index (Phi) is 1.81. The molecule has 106 valence electrons. The molecule has 0 saturated heterocycles. The number of rotatable bonds is 7. The lowest BCUT2D eigenvalue weighted by molar-refractivity contribution is 0.182. The van der Waals surface area contributed by atoms with Gasteiger partial charge in [0.15, 0.2) is 0 Å². The molecule has 9 atom stereocenters. The molecule has 6 rings (SSSR count). The molecular formula is C19H30. The third kappa shape index (κ3) is 0.865. The SMILES string of the molecule is CCCC1(C(C)CCC2CC2CC)C2C3C4C3(C)C421. The van der Waals surface area contributed by atoms with Crippen LogP contribution in [0.5, 0.6) is 0 Å². The van der Waals surface area contributed by atoms with Gasteiger partial charge in [-0.25, -0.2) is 0 Å². The number of hydrogen-bond acceptors (Lipinski definition) is 0. The minimum atomic E-state index is 0.850. The second-order valence-corrected chi connectivity index (χ2v) is 9.07. The highest BCUT2D eigenvalue weighted by molar-refractivity contribution is 5.66. The first-order valence-corrected chi connectivity index (χ1v) is 9.12. The highest BCUT2D eigenvalue weighted by Gasteiger charge is 3.20. The van der Waals surface area contributed by atoms with Gasteiger partial charge in [-0.1, -0.05) is 40.5 Å². The minimum Gasteiger partial charge on any atom is -0.0654 e. The molecular weight excluding hydrogens is 228 g/mol. The Bertz CT molecular complexity index is 447. The summed E-state index contributed by atoms with van der Waals surface area (Å²) in [5.41, 5.74) is 2.68. The van der Waals surface area contributed by atoms with Crippen LogP contribution in [0.2, 0.25) is 0 Å². The molecule has 6 aliphatic carbocycles. The zero-order valence-electron chi connectivity index (χ0n) is 13.2. The first kappa shape index (κ1) is 11.6. The third-order valence-electron chi connectivity index (χ3n) is 9.09. The molecule has 0 heteroatoms. The Morgan fingerprint density at radius 1 is 1.16 bits per heavy atom. The van der Waals surface area contributed by atoms with Gasteiger partial charge in [0.1, 0.15) is 0 Å². The summed E-state index contributed by atoms with van der Waals surface area (Å²) in [7, 11) is 0. The molecule has 0 aliphatic heterocycles. The largest absolute Gasteiger partial charge is 0.0654 e. The van der Waals surface area contributed by atoms with Gasteiger partial charge in [-0.05, 0) is 77.4 Å². The van der Waals surface area contributed by atoms with E-state index < -0.39 is 0 Å². The summed E-state index contributed by atoms with van der Waals surface area (Å²) in [5, 5.41) is 0. The average molecular weight is 258 g/mol. The van der Waals surface area contributed by atoms with Crippen molar-refractivity contribution in [2.45, 2.75) is 66.2 Å². The van der Waals surface area contributed by atoms with E-state index in [1.54, 1.807) is 25.7 Å². The predicted molar refractivity (Wildman–Crippen MR) is 78.6 cm³/mol. The van der Waals surface area contributed by atoms with Crippen molar-refractivity contribution in [3.05, 3.63) is 0 Å². The molecule has 0 N–H and O–H groups in total. The molecule has 0 aromatic rings. The zero-order valence-corrected chi connectivity index (χ0v) is 13.2. The van der Waals surface area contributed by atoms with Crippen molar-refractivity contribution in [3.63, 3.8) is 0 Å². The van der Waals surface area contributed by atoms with Gasteiger partial charge in [0, 0.05) is 0 Å². The van der Waals surface area contributed by atoms with Gasteiger partial charge in [0.25, 0.3) is 0 Å². The van der Waals surface area contributed by atoms with Crippen LogP contribution < -0.4 is 0 Å². The van der Waals surface area contributed by atoms with E-state index in [9.17, 15) is 0 Å². The molecule has 0 aromatic carbocycles. The monoisotopic (exact) mass is 258 g/mol. The quantitative estimate of drug-likeness (QED) is 0.594. The highest BCUT2D eigenvalue weighted by Crippen LogP contribution is 3.23. The zero-order chi connectivity index (χ0) is 13.2. The van der Waals surface area contributed by atoms with Crippen LogP contribution in [0.25, 0.3) is 0 Å². The van der Waals surface area contributed by atoms with Crippen LogP contribution in [-0.2, 0) is 0 Å². The molecule has 0 amide bonds. The van der Waals surface area contributed by atoms with Crippen LogP contribution in [-0.4, -0.2) is 0 Å². The number of hydrogen-bond donors (Lipinski definition) is 0. The average Bonchev–Trinajstić information content (AvgIpc) is 3.26. The van der Waals surface area contributed by atoms with Crippen LogP contribution in [0.4, 0.5) is 0 Å². The molecule has 2 bridgehead atoms. The molecule has 19 heavy (non-hydrogen) atoms. The maximum atomic E-state index is 2.63. The normalized spacial score (nSPS) is 66.6. The first-order valence-electron chi connectivity index (χ1n) is 9.12.